The second-order valence-electron chi connectivity index (χ2n) is 8.12. The number of amides is 2. The Kier molecular flexibility index (Phi) is 4.19. The Morgan fingerprint density at radius 3 is 2.00 bits per heavy atom. The summed E-state index contributed by atoms with van der Waals surface area (Å²) in [5, 5.41) is 17.8. The average Bonchev–Trinajstić information content (AvgIpc) is 2.87. The van der Waals surface area contributed by atoms with E-state index >= 15 is 0 Å². The van der Waals surface area contributed by atoms with Crippen LogP contribution in [0.25, 0.3) is 10.8 Å². The van der Waals surface area contributed by atoms with Gasteiger partial charge < -0.3 is 15.7 Å². The predicted octanol–water partition coefficient (Wildman–Crippen LogP) is 3.45. The molecule has 2 atom stereocenters. The highest BCUT2D eigenvalue weighted by Crippen LogP contribution is 2.42. The lowest BCUT2D eigenvalue weighted by molar-refractivity contribution is -0.137. The SMILES string of the molecule is O=C(O)CCCN1C(=O)c2ccc3c4c(ccc(c24)C1=O)NC1CCCCC1N3. The van der Waals surface area contributed by atoms with E-state index in [1.165, 1.54) is 17.7 Å². The van der Waals surface area contributed by atoms with E-state index in [2.05, 4.69) is 10.6 Å². The molecule has 3 N–H and O–H groups in total. The van der Waals surface area contributed by atoms with E-state index in [4.69, 9.17) is 5.11 Å². The number of carbonyl (C=O) groups is 3. The van der Waals surface area contributed by atoms with E-state index in [1.54, 1.807) is 12.1 Å². The van der Waals surface area contributed by atoms with Crippen molar-refractivity contribution in [3.8, 4) is 0 Å². The predicted molar refractivity (Wildman–Crippen MR) is 109 cm³/mol. The molecule has 1 saturated carbocycles. The zero-order chi connectivity index (χ0) is 20.1. The summed E-state index contributed by atoms with van der Waals surface area (Å²) in [6, 6.07) is 8.12. The van der Waals surface area contributed by atoms with Gasteiger partial charge in [0.1, 0.15) is 0 Å². The van der Waals surface area contributed by atoms with Crippen molar-refractivity contribution in [2.75, 3.05) is 17.2 Å². The van der Waals surface area contributed by atoms with E-state index in [-0.39, 0.29) is 31.2 Å². The maximum Gasteiger partial charge on any atom is 0.303 e. The van der Waals surface area contributed by atoms with Crippen LogP contribution in [-0.2, 0) is 4.79 Å². The number of hydrogen-bond acceptors (Lipinski definition) is 5. The van der Waals surface area contributed by atoms with Gasteiger partial charge in [0.05, 0.1) is 0 Å². The molecule has 2 aliphatic heterocycles. The normalized spacial score (nSPS) is 22.6. The molecule has 0 saturated heterocycles. The summed E-state index contributed by atoms with van der Waals surface area (Å²) < 4.78 is 0. The Morgan fingerprint density at radius 1 is 0.931 bits per heavy atom. The maximum absolute atomic E-state index is 13.1. The van der Waals surface area contributed by atoms with Crippen LogP contribution < -0.4 is 10.6 Å². The molecule has 1 fully saturated rings. The van der Waals surface area contributed by atoms with Gasteiger partial charge in [0.15, 0.2) is 0 Å². The molecule has 3 aliphatic rings. The van der Waals surface area contributed by atoms with Crippen molar-refractivity contribution in [1.29, 1.82) is 0 Å². The third-order valence-electron chi connectivity index (χ3n) is 6.33. The molecule has 7 heteroatoms. The lowest BCUT2D eigenvalue weighted by Crippen LogP contribution is -2.41. The lowest BCUT2D eigenvalue weighted by atomic mass is 9.90. The molecule has 0 aromatic heterocycles. The van der Waals surface area contributed by atoms with Gasteiger partial charge in [-0.05, 0) is 43.5 Å². The van der Waals surface area contributed by atoms with E-state index in [0.29, 0.717) is 28.6 Å². The molecular weight excluding hydrogens is 370 g/mol. The van der Waals surface area contributed by atoms with E-state index in [0.717, 1.165) is 29.6 Å². The smallest absolute Gasteiger partial charge is 0.303 e. The number of imide groups is 1. The molecule has 2 heterocycles. The molecule has 0 spiro atoms. The van der Waals surface area contributed by atoms with Gasteiger partial charge in [-0.15, -0.1) is 0 Å². The van der Waals surface area contributed by atoms with Crippen LogP contribution in [-0.4, -0.2) is 46.4 Å². The van der Waals surface area contributed by atoms with Gasteiger partial charge in [-0.2, -0.15) is 0 Å². The number of carboxylic acid groups (broad SMARTS) is 1. The first-order valence-electron chi connectivity index (χ1n) is 10.3. The third kappa shape index (κ3) is 2.84. The number of carboxylic acids is 1. The number of rotatable bonds is 4. The number of nitrogens with zero attached hydrogens (tertiary/aromatic N) is 1. The Bertz CT molecular complexity index is 979. The standard InChI is InChI=1S/C22H23N3O4/c26-18(27)6-3-11-25-21(28)12-7-9-16-20-17(10-8-13(19(12)20)22(25)29)24-15-5-2-1-4-14(15)23-16/h7-10,14-15,23-24H,1-6,11H2,(H,26,27). The van der Waals surface area contributed by atoms with Crippen LogP contribution in [0.15, 0.2) is 24.3 Å². The van der Waals surface area contributed by atoms with Crippen molar-refractivity contribution < 1.29 is 19.5 Å². The quantitative estimate of drug-likeness (QED) is 0.688. The molecule has 2 aromatic rings. The van der Waals surface area contributed by atoms with Gasteiger partial charge >= 0.3 is 5.97 Å². The number of nitrogens with one attached hydrogen (secondary N) is 2. The number of carbonyl (C=O) groups excluding carboxylic acids is 2. The molecule has 2 aromatic carbocycles. The van der Waals surface area contributed by atoms with Crippen molar-refractivity contribution in [1.82, 2.24) is 4.90 Å². The maximum atomic E-state index is 13.1. The Hall–Kier alpha value is -3.09. The van der Waals surface area contributed by atoms with Crippen LogP contribution >= 0.6 is 0 Å². The summed E-state index contributed by atoms with van der Waals surface area (Å²) >= 11 is 0. The number of aliphatic carboxylic acids is 1. The Morgan fingerprint density at radius 2 is 1.48 bits per heavy atom. The summed E-state index contributed by atoms with van der Waals surface area (Å²) in [4.78, 5) is 38.1. The van der Waals surface area contributed by atoms with Crippen LogP contribution in [0.2, 0.25) is 0 Å². The number of benzene rings is 2. The second-order valence-corrected chi connectivity index (χ2v) is 8.12. The minimum absolute atomic E-state index is 0.0756. The largest absolute Gasteiger partial charge is 0.481 e. The average molecular weight is 393 g/mol. The molecular formula is C22H23N3O4. The van der Waals surface area contributed by atoms with Gasteiger partial charge in [0.2, 0.25) is 0 Å². The van der Waals surface area contributed by atoms with Crippen molar-refractivity contribution in [3.05, 3.63) is 35.4 Å². The molecule has 1 aliphatic carbocycles. The van der Waals surface area contributed by atoms with Gasteiger partial charge in [-0.25, -0.2) is 0 Å². The number of hydrogen-bond donors (Lipinski definition) is 3. The summed E-state index contributed by atoms with van der Waals surface area (Å²) in [5.74, 6) is -1.63. The van der Waals surface area contributed by atoms with Gasteiger partial charge in [-0.1, -0.05) is 12.8 Å². The van der Waals surface area contributed by atoms with Crippen molar-refractivity contribution in [2.24, 2.45) is 0 Å². The minimum atomic E-state index is -0.935. The molecule has 5 rings (SSSR count). The van der Waals surface area contributed by atoms with E-state index < -0.39 is 5.97 Å². The van der Waals surface area contributed by atoms with E-state index in [1.807, 2.05) is 12.1 Å². The van der Waals surface area contributed by atoms with Crippen LogP contribution in [0.3, 0.4) is 0 Å². The number of fused-ring (bicyclic) bond motifs is 1. The molecule has 2 amide bonds. The zero-order valence-electron chi connectivity index (χ0n) is 16.0. The molecule has 29 heavy (non-hydrogen) atoms. The summed E-state index contributed by atoms with van der Waals surface area (Å²) in [5.41, 5.74) is 2.93. The van der Waals surface area contributed by atoms with Crippen LogP contribution in [0.1, 0.15) is 59.2 Å². The highest BCUT2D eigenvalue weighted by atomic mass is 16.4. The van der Waals surface area contributed by atoms with Crippen molar-refractivity contribution in [2.45, 2.75) is 50.6 Å². The van der Waals surface area contributed by atoms with Gasteiger partial charge in [0, 0.05) is 58.3 Å². The van der Waals surface area contributed by atoms with Gasteiger partial charge in [0.25, 0.3) is 11.8 Å². The topological polar surface area (TPSA) is 98.7 Å². The summed E-state index contributed by atoms with van der Waals surface area (Å²) in [6.45, 7) is 0.106. The highest BCUT2D eigenvalue weighted by Gasteiger charge is 2.36. The summed E-state index contributed by atoms with van der Waals surface area (Å²) in [6.07, 6.45) is 4.75. The monoisotopic (exact) mass is 393 g/mol. The first kappa shape index (κ1) is 18.0. The highest BCUT2D eigenvalue weighted by molar-refractivity contribution is 6.28. The molecule has 150 valence electrons. The lowest BCUT2D eigenvalue weighted by Gasteiger charge is -2.32. The third-order valence-corrected chi connectivity index (χ3v) is 6.33. The zero-order valence-corrected chi connectivity index (χ0v) is 16.0. The van der Waals surface area contributed by atoms with Gasteiger partial charge in [-0.3, -0.25) is 19.3 Å². The molecule has 0 bridgehead atoms. The first-order valence-corrected chi connectivity index (χ1v) is 10.3. The molecule has 0 radical (unpaired) electrons. The van der Waals surface area contributed by atoms with Crippen LogP contribution in [0.4, 0.5) is 11.4 Å². The second kappa shape index (κ2) is 6.76. The Labute approximate surface area is 168 Å². The fourth-order valence-corrected chi connectivity index (χ4v) is 4.94. The Balaban J connectivity index is 1.59. The van der Waals surface area contributed by atoms with Crippen molar-refractivity contribution in [3.63, 3.8) is 0 Å². The fraction of sp³-hybridized carbons (Fsp3) is 0.409. The fourth-order valence-electron chi connectivity index (χ4n) is 4.94. The number of anilines is 2. The minimum Gasteiger partial charge on any atom is -0.481 e. The van der Waals surface area contributed by atoms with Crippen LogP contribution in [0.5, 0.6) is 0 Å². The molecule has 2 unspecified atom stereocenters. The molecule has 7 nitrogen and oxygen atoms in total. The van der Waals surface area contributed by atoms with Crippen molar-refractivity contribution >= 4 is 39.9 Å². The van der Waals surface area contributed by atoms with Crippen LogP contribution in [0, 0.1) is 0 Å². The van der Waals surface area contributed by atoms with E-state index in [9.17, 15) is 14.4 Å². The summed E-state index contributed by atoms with van der Waals surface area (Å²) in [7, 11) is 0. The first-order chi connectivity index (χ1) is 14.0.